The van der Waals surface area contributed by atoms with Crippen molar-refractivity contribution in [2.24, 2.45) is 0 Å². The first-order valence-electron chi connectivity index (χ1n) is 11.5. The molecule has 2 aromatic carbocycles. The monoisotopic (exact) mass is 567 g/mol. The number of hydrogen-bond donors (Lipinski definition) is 0. The average Bonchev–Trinajstić information content (AvgIpc) is 3.59. The summed E-state index contributed by atoms with van der Waals surface area (Å²) in [6.45, 7) is 0.401. The van der Waals surface area contributed by atoms with Gasteiger partial charge < -0.3 is 23.5 Å². The van der Waals surface area contributed by atoms with Gasteiger partial charge in [-0.1, -0.05) is 16.8 Å². The highest BCUT2D eigenvalue weighted by Crippen LogP contribution is 2.41. The maximum absolute atomic E-state index is 13.6. The Morgan fingerprint density at radius 2 is 1.84 bits per heavy atom. The summed E-state index contributed by atoms with van der Waals surface area (Å²) in [5, 5.41) is 15.3. The van der Waals surface area contributed by atoms with Gasteiger partial charge in [0.15, 0.2) is 17.3 Å². The van der Waals surface area contributed by atoms with Crippen LogP contribution in [0, 0.1) is 10.1 Å². The van der Waals surface area contributed by atoms with Crippen LogP contribution in [0.4, 0.5) is 5.69 Å². The van der Waals surface area contributed by atoms with Crippen LogP contribution in [0.3, 0.4) is 0 Å². The minimum atomic E-state index is -4.19. The summed E-state index contributed by atoms with van der Waals surface area (Å²) in [5.41, 5.74) is 0.384. The van der Waals surface area contributed by atoms with Crippen molar-refractivity contribution in [1.29, 1.82) is 0 Å². The number of methoxy groups -OCH3 is 3. The summed E-state index contributed by atoms with van der Waals surface area (Å²) >= 11 is 5.89. The van der Waals surface area contributed by atoms with E-state index in [-0.39, 0.29) is 29.1 Å². The van der Waals surface area contributed by atoms with E-state index < -0.39 is 20.6 Å². The third-order valence-electron chi connectivity index (χ3n) is 6.03. The van der Waals surface area contributed by atoms with Gasteiger partial charge in [0.25, 0.3) is 5.69 Å². The Labute approximate surface area is 224 Å². The molecule has 12 nitrogen and oxygen atoms in total. The van der Waals surface area contributed by atoms with E-state index in [0.29, 0.717) is 47.3 Å². The summed E-state index contributed by atoms with van der Waals surface area (Å²) in [6.07, 6.45) is 1.16. The number of nitro benzene ring substituents is 1. The van der Waals surface area contributed by atoms with Gasteiger partial charge in [-0.05, 0) is 37.1 Å². The molecule has 1 aromatic heterocycles. The van der Waals surface area contributed by atoms with E-state index in [0.717, 1.165) is 12.5 Å². The molecule has 1 saturated heterocycles. The molecule has 0 spiro atoms. The van der Waals surface area contributed by atoms with Gasteiger partial charge in [0.1, 0.15) is 5.02 Å². The first-order chi connectivity index (χ1) is 18.2. The Morgan fingerprint density at radius 3 is 2.42 bits per heavy atom. The molecule has 2 heterocycles. The van der Waals surface area contributed by atoms with Crippen LogP contribution >= 0.6 is 11.6 Å². The van der Waals surface area contributed by atoms with Crippen molar-refractivity contribution >= 4 is 27.3 Å². The molecular formula is C24H26ClN3O9S. The molecule has 1 aliphatic heterocycles. The van der Waals surface area contributed by atoms with Crippen molar-refractivity contribution in [2.75, 3.05) is 34.5 Å². The molecule has 0 bridgehead atoms. The molecular weight excluding hydrogens is 542 g/mol. The van der Waals surface area contributed by atoms with Crippen LogP contribution in [-0.2, 0) is 21.3 Å². The van der Waals surface area contributed by atoms with Crippen LogP contribution in [0.5, 0.6) is 17.2 Å². The first-order valence-corrected chi connectivity index (χ1v) is 13.3. The van der Waals surface area contributed by atoms with Gasteiger partial charge in [-0.3, -0.25) is 10.1 Å². The van der Waals surface area contributed by atoms with Crippen LogP contribution in [-0.4, -0.2) is 63.4 Å². The zero-order chi connectivity index (χ0) is 27.4. The quantitative estimate of drug-likeness (QED) is 0.243. The normalized spacial score (nSPS) is 15.6. The Morgan fingerprint density at radius 1 is 1.13 bits per heavy atom. The average molecular weight is 568 g/mol. The van der Waals surface area contributed by atoms with Crippen molar-refractivity contribution in [3.63, 3.8) is 0 Å². The molecule has 1 atom stereocenters. The molecule has 38 heavy (non-hydrogen) atoms. The molecule has 0 radical (unpaired) electrons. The highest BCUT2D eigenvalue weighted by atomic mass is 35.5. The van der Waals surface area contributed by atoms with E-state index in [9.17, 15) is 18.5 Å². The van der Waals surface area contributed by atoms with Crippen molar-refractivity contribution in [2.45, 2.75) is 30.4 Å². The van der Waals surface area contributed by atoms with Crippen LogP contribution in [0.15, 0.2) is 45.8 Å². The zero-order valence-electron chi connectivity index (χ0n) is 20.9. The van der Waals surface area contributed by atoms with Crippen molar-refractivity contribution in [3.8, 4) is 28.6 Å². The van der Waals surface area contributed by atoms with Gasteiger partial charge in [-0.2, -0.15) is 4.31 Å². The predicted molar refractivity (Wildman–Crippen MR) is 136 cm³/mol. The lowest BCUT2D eigenvalue weighted by Gasteiger charge is -2.24. The molecule has 0 amide bonds. The minimum absolute atomic E-state index is 0.0329. The Kier molecular flexibility index (Phi) is 8.41. The number of ether oxygens (including phenoxy) is 4. The standard InChI is InChI=1S/C24H26ClN3O9S/c1-33-22-9-15(10-23(34-2)24(22)35-3)21-11-16(26-37-21)13-27(14-17-5-4-8-36-17)38(31,32)18-6-7-19(25)20(12-18)28(29)30/h6-7,9-12,17H,4-5,8,13-14H2,1-3H3. The molecule has 0 saturated carbocycles. The Bertz CT molecular complexity index is 1400. The number of rotatable bonds is 11. The fraction of sp³-hybridized carbons (Fsp3) is 0.375. The summed E-state index contributed by atoms with van der Waals surface area (Å²) < 4.78 is 55.7. The Hall–Kier alpha value is -3.39. The van der Waals surface area contributed by atoms with E-state index in [4.69, 9.17) is 35.1 Å². The first kappa shape index (κ1) is 27.6. The number of benzene rings is 2. The van der Waals surface area contributed by atoms with Gasteiger partial charge in [-0.15, -0.1) is 0 Å². The largest absolute Gasteiger partial charge is 0.493 e. The highest BCUT2D eigenvalue weighted by molar-refractivity contribution is 7.89. The van der Waals surface area contributed by atoms with E-state index >= 15 is 0 Å². The molecule has 0 aliphatic carbocycles. The maximum atomic E-state index is 13.6. The van der Waals surface area contributed by atoms with Crippen molar-refractivity contribution in [3.05, 3.63) is 57.2 Å². The van der Waals surface area contributed by atoms with Crippen LogP contribution in [0.25, 0.3) is 11.3 Å². The number of aromatic nitrogens is 1. The molecule has 1 unspecified atom stereocenters. The number of sulfonamides is 1. The summed E-state index contributed by atoms with van der Waals surface area (Å²) in [4.78, 5) is 10.4. The number of halogens is 1. The molecule has 0 N–H and O–H groups in total. The lowest BCUT2D eigenvalue weighted by Crippen LogP contribution is -2.37. The fourth-order valence-electron chi connectivity index (χ4n) is 4.13. The third kappa shape index (κ3) is 5.70. The number of nitro groups is 1. The van der Waals surface area contributed by atoms with Crippen LogP contribution in [0.2, 0.25) is 5.02 Å². The van der Waals surface area contributed by atoms with Gasteiger partial charge >= 0.3 is 0 Å². The van der Waals surface area contributed by atoms with Crippen LogP contribution < -0.4 is 14.2 Å². The minimum Gasteiger partial charge on any atom is -0.493 e. The second-order valence-corrected chi connectivity index (χ2v) is 10.7. The Balaban J connectivity index is 1.67. The molecule has 1 aliphatic rings. The smallest absolute Gasteiger partial charge is 0.289 e. The zero-order valence-corrected chi connectivity index (χ0v) is 22.5. The molecule has 204 valence electrons. The maximum Gasteiger partial charge on any atom is 0.289 e. The van der Waals surface area contributed by atoms with Gasteiger partial charge in [0.05, 0.1) is 49.5 Å². The summed E-state index contributed by atoms with van der Waals surface area (Å²) in [6, 6.07) is 8.33. The predicted octanol–water partition coefficient (Wildman–Crippen LogP) is 4.30. The van der Waals surface area contributed by atoms with Gasteiger partial charge in [0, 0.05) is 30.8 Å². The molecule has 1 fully saturated rings. The highest BCUT2D eigenvalue weighted by Gasteiger charge is 2.32. The van der Waals surface area contributed by atoms with E-state index in [1.807, 2.05) is 0 Å². The van der Waals surface area contributed by atoms with Gasteiger partial charge in [-0.25, -0.2) is 8.42 Å². The van der Waals surface area contributed by atoms with E-state index in [2.05, 4.69) is 5.16 Å². The van der Waals surface area contributed by atoms with E-state index in [1.54, 1.807) is 18.2 Å². The molecule has 14 heteroatoms. The number of nitrogens with zero attached hydrogens (tertiary/aromatic N) is 3. The topological polar surface area (TPSA) is 143 Å². The summed E-state index contributed by atoms with van der Waals surface area (Å²) in [7, 11) is 0.274. The second kappa shape index (κ2) is 11.6. The van der Waals surface area contributed by atoms with Gasteiger partial charge in [0.2, 0.25) is 15.8 Å². The van der Waals surface area contributed by atoms with Crippen molar-refractivity contribution in [1.82, 2.24) is 9.46 Å². The lowest BCUT2D eigenvalue weighted by molar-refractivity contribution is -0.384. The number of hydrogen-bond acceptors (Lipinski definition) is 10. The molecule has 3 aromatic rings. The lowest BCUT2D eigenvalue weighted by atomic mass is 10.1. The second-order valence-electron chi connectivity index (χ2n) is 8.40. The van der Waals surface area contributed by atoms with E-state index in [1.165, 1.54) is 37.8 Å². The summed E-state index contributed by atoms with van der Waals surface area (Å²) in [5.74, 6) is 1.57. The fourth-order valence-corrected chi connectivity index (χ4v) is 5.78. The molecule has 4 rings (SSSR count). The third-order valence-corrected chi connectivity index (χ3v) is 8.16. The van der Waals surface area contributed by atoms with Crippen molar-refractivity contribution < 1.29 is 36.8 Å². The SMILES string of the molecule is COc1cc(-c2cc(CN(CC3CCCO3)S(=O)(=O)c3ccc(Cl)c([N+](=O)[O-])c3)no2)cc(OC)c1OC. The van der Waals surface area contributed by atoms with Crippen LogP contribution in [0.1, 0.15) is 18.5 Å².